The number of rotatable bonds is 6. The molecule has 2 heterocycles. The highest BCUT2D eigenvalue weighted by molar-refractivity contribution is 6.30. The fourth-order valence-corrected chi connectivity index (χ4v) is 3.03. The fourth-order valence-electron chi connectivity index (χ4n) is 2.91. The topological polar surface area (TPSA) is 67.8 Å². The van der Waals surface area contributed by atoms with Crippen LogP contribution in [0.3, 0.4) is 0 Å². The SMILES string of the molecule is C=CCn1nc(C(C)c2cc(C)c(C(=O)c3ccc(Cl)cc3)[nH]2)ccc1=O. The molecule has 1 atom stereocenters. The minimum Gasteiger partial charge on any atom is -0.355 e. The maximum Gasteiger partial charge on any atom is 0.267 e. The third-order valence-electron chi connectivity index (χ3n) is 4.47. The maximum atomic E-state index is 12.8. The molecule has 138 valence electrons. The third kappa shape index (κ3) is 3.93. The number of carbonyl (C=O) groups is 1. The van der Waals surface area contributed by atoms with Crippen molar-refractivity contribution < 1.29 is 4.79 Å². The van der Waals surface area contributed by atoms with Gasteiger partial charge in [0.1, 0.15) is 0 Å². The Hall–Kier alpha value is -2.92. The van der Waals surface area contributed by atoms with E-state index in [2.05, 4.69) is 16.7 Å². The zero-order valence-corrected chi connectivity index (χ0v) is 16.0. The van der Waals surface area contributed by atoms with Crippen molar-refractivity contribution in [3.05, 3.63) is 98.7 Å². The van der Waals surface area contributed by atoms with Crippen molar-refractivity contribution in [1.82, 2.24) is 14.8 Å². The zero-order chi connectivity index (χ0) is 19.6. The van der Waals surface area contributed by atoms with Crippen molar-refractivity contribution >= 4 is 17.4 Å². The number of hydrogen-bond acceptors (Lipinski definition) is 3. The second kappa shape index (κ2) is 7.76. The van der Waals surface area contributed by atoms with E-state index >= 15 is 0 Å². The van der Waals surface area contributed by atoms with E-state index < -0.39 is 0 Å². The summed E-state index contributed by atoms with van der Waals surface area (Å²) in [5.41, 5.74) is 3.40. The molecule has 3 rings (SSSR count). The van der Waals surface area contributed by atoms with Crippen LogP contribution in [0.1, 0.15) is 45.8 Å². The Morgan fingerprint density at radius 3 is 2.67 bits per heavy atom. The van der Waals surface area contributed by atoms with Gasteiger partial charge in [-0.2, -0.15) is 5.10 Å². The molecule has 0 spiro atoms. The van der Waals surface area contributed by atoms with Crippen LogP contribution < -0.4 is 5.56 Å². The molecule has 5 nitrogen and oxygen atoms in total. The molecular formula is C21H20ClN3O2. The van der Waals surface area contributed by atoms with Crippen molar-refractivity contribution in [2.45, 2.75) is 26.3 Å². The number of allylic oxidation sites excluding steroid dienone is 1. The van der Waals surface area contributed by atoms with Crippen LogP contribution in [0.5, 0.6) is 0 Å². The molecule has 0 aliphatic carbocycles. The average molecular weight is 382 g/mol. The fraction of sp³-hybridized carbons (Fsp3) is 0.190. The van der Waals surface area contributed by atoms with E-state index in [9.17, 15) is 9.59 Å². The van der Waals surface area contributed by atoms with Crippen LogP contribution in [0.15, 0.2) is 59.9 Å². The van der Waals surface area contributed by atoms with Gasteiger partial charge in [-0.05, 0) is 48.9 Å². The van der Waals surface area contributed by atoms with Crippen LogP contribution in [0.4, 0.5) is 0 Å². The average Bonchev–Trinajstić information content (AvgIpc) is 3.05. The van der Waals surface area contributed by atoms with Crippen LogP contribution in [-0.4, -0.2) is 20.5 Å². The number of aromatic nitrogens is 3. The highest BCUT2D eigenvalue weighted by Gasteiger charge is 2.19. The Bertz CT molecular complexity index is 1050. The number of carbonyl (C=O) groups excluding carboxylic acids is 1. The van der Waals surface area contributed by atoms with Gasteiger partial charge < -0.3 is 4.98 Å². The summed E-state index contributed by atoms with van der Waals surface area (Å²) in [6.45, 7) is 7.87. The Kier molecular flexibility index (Phi) is 5.42. The van der Waals surface area contributed by atoms with Crippen molar-refractivity contribution in [2.24, 2.45) is 0 Å². The number of benzene rings is 1. The van der Waals surface area contributed by atoms with E-state index in [1.807, 2.05) is 19.9 Å². The summed E-state index contributed by atoms with van der Waals surface area (Å²) in [6, 6.07) is 12.0. The van der Waals surface area contributed by atoms with E-state index in [0.717, 1.165) is 17.0 Å². The molecule has 1 unspecified atom stereocenters. The summed E-state index contributed by atoms with van der Waals surface area (Å²) >= 11 is 5.90. The number of nitrogens with zero attached hydrogens (tertiary/aromatic N) is 2. The van der Waals surface area contributed by atoms with E-state index in [0.29, 0.717) is 22.8 Å². The summed E-state index contributed by atoms with van der Waals surface area (Å²) in [7, 11) is 0. The molecule has 0 radical (unpaired) electrons. The van der Waals surface area contributed by atoms with Gasteiger partial charge in [0.15, 0.2) is 0 Å². The Labute approximate surface area is 162 Å². The van der Waals surface area contributed by atoms with Crippen molar-refractivity contribution in [2.75, 3.05) is 0 Å². The standard InChI is InChI=1S/C21H20ClN3O2/c1-4-11-25-19(26)10-9-17(24-25)14(3)18-12-13(2)20(23-18)21(27)15-5-7-16(22)8-6-15/h4-10,12,14,23H,1,11H2,2-3H3. The normalized spacial score (nSPS) is 12.0. The first kappa shape index (κ1) is 18.9. The van der Waals surface area contributed by atoms with Crippen molar-refractivity contribution in [1.29, 1.82) is 0 Å². The molecule has 0 saturated carbocycles. The summed E-state index contributed by atoms with van der Waals surface area (Å²) in [5.74, 6) is -0.195. The molecular weight excluding hydrogens is 362 g/mol. The Morgan fingerprint density at radius 2 is 2.00 bits per heavy atom. The molecule has 0 aliphatic rings. The number of ketones is 1. The van der Waals surface area contributed by atoms with Crippen LogP contribution in [0, 0.1) is 6.92 Å². The molecule has 0 bridgehead atoms. The van der Waals surface area contributed by atoms with Gasteiger partial charge in [0.25, 0.3) is 5.56 Å². The maximum absolute atomic E-state index is 12.8. The van der Waals surface area contributed by atoms with Gasteiger partial charge in [0.2, 0.25) is 5.78 Å². The highest BCUT2D eigenvalue weighted by Crippen LogP contribution is 2.25. The van der Waals surface area contributed by atoms with E-state index in [-0.39, 0.29) is 17.3 Å². The molecule has 1 aromatic carbocycles. The van der Waals surface area contributed by atoms with Gasteiger partial charge in [-0.1, -0.05) is 24.6 Å². The van der Waals surface area contributed by atoms with Gasteiger partial charge in [0.05, 0.1) is 17.9 Å². The molecule has 0 amide bonds. The summed E-state index contributed by atoms with van der Waals surface area (Å²) in [6.07, 6.45) is 1.63. The van der Waals surface area contributed by atoms with Crippen LogP contribution >= 0.6 is 11.6 Å². The summed E-state index contributed by atoms with van der Waals surface area (Å²) < 4.78 is 1.37. The lowest BCUT2D eigenvalue weighted by atomic mass is 10.0. The lowest BCUT2D eigenvalue weighted by Crippen LogP contribution is -2.23. The van der Waals surface area contributed by atoms with E-state index in [4.69, 9.17) is 11.6 Å². The quantitative estimate of drug-likeness (QED) is 0.516. The number of aryl methyl sites for hydroxylation is 1. The van der Waals surface area contributed by atoms with E-state index in [1.54, 1.807) is 36.4 Å². The second-order valence-corrected chi connectivity index (χ2v) is 6.84. The third-order valence-corrected chi connectivity index (χ3v) is 4.72. The minimum atomic E-state index is -0.174. The first-order valence-corrected chi connectivity index (χ1v) is 8.97. The molecule has 2 aromatic heterocycles. The molecule has 1 N–H and O–H groups in total. The van der Waals surface area contributed by atoms with E-state index in [1.165, 1.54) is 10.7 Å². The monoisotopic (exact) mass is 381 g/mol. The van der Waals surface area contributed by atoms with Gasteiger partial charge >= 0.3 is 0 Å². The first-order chi connectivity index (χ1) is 12.9. The zero-order valence-electron chi connectivity index (χ0n) is 15.2. The number of H-pyrrole nitrogens is 1. The highest BCUT2D eigenvalue weighted by atomic mass is 35.5. The molecule has 0 saturated heterocycles. The molecule has 0 aliphatic heterocycles. The molecule has 3 aromatic rings. The molecule has 0 fully saturated rings. The number of aromatic amines is 1. The number of hydrogen-bond donors (Lipinski definition) is 1. The van der Waals surface area contributed by atoms with Crippen LogP contribution in [0.2, 0.25) is 5.02 Å². The largest absolute Gasteiger partial charge is 0.355 e. The molecule has 6 heteroatoms. The predicted octanol–water partition coefficient (Wildman–Crippen LogP) is 4.10. The summed E-state index contributed by atoms with van der Waals surface area (Å²) in [4.78, 5) is 27.9. The Morgan fingerprint density at radius 1 is 1.30 bits per heavy atom. The van der Waals surface area contributed by atoms with Crippen molar-refractivity contribution in [3.8, 4) is 0 Å². The van der Waals surface area contributed by atoms with Gasteiger partial charge in [-0.15, -0.1) is 6.58 Å². The minimum absolute atomic E-state index is 0.0906. The lowest BCUT2D eigenvalue weighted by Gasteiger charge is -2.11. The number of halogens is 1. The Balaban J connectivity index is 1.92. The first-order valence-electron chi connectivity index (χ1n) is 8.59. The summed E-state index contributed by atoms with van der Waals surface area (Å²) in [5, 5.41) is 4.99. The molecule has 27 heavy (non-hydrogen) atoms. The number of nitrogens with one attached hydrogen (secondary N) is 1. The van der Waals surface area contributed by atoms with Crippen LogP contribution in [0.25, 0.3) is 0 Å². The lowest BCUT2D eigenvalue weighted by molar-refractivity contribution is 0.103. The van der Waals surface area contributed by atoms with Crippen molar-refractivity contribution in [3.63, 3.8) is 0 Å². The predicted molar refractivity (Wildman–Crippen MR) is 107 cm³/mol. The second-order valence-electron chi connectivity index (χ2n) is 6.41. The van der Waals surface area contributed by atoms with Gasteiger partial charge in [0, 0.05) is 28.3 Å². The van der Waals surface area contributed by atoms with Crippen LogP contribution in [-0.2, 0) is 6.54 Å². The smallest absolute Gasteiger partial charge is 0.267 e. The van der Waals surface area contributed by atoms with Gasteiger partial charge in [-0.25, -0.2) is 4.68 Å². The van der Waals surface area contributed by atoms with Gasteiger partial charge in [-0.3, -0.25) is 9.59 Å².